The zero-order chi connectivity index (χ0) is 61.6. The molecule has 6 aliphatic heterocycles. The van der Waals surface area contributed by atoms with Crippen molar-refractivity contribution in [2.45, 2.75) is 240 Å². The van der Waals surface area contributed by atoms with Crippen molar-refractivity contribution in [2.75, 3.05) is 32.0 Å². The highest BCUT2D eigenvalue weighted by Crippen LogP contribution is 2.73. The van der Waals surface area contributed by atoms with Gasteiger partial charge in [0.2, 0.25) is 5.91 Å². The Morgan fingerprint density at radius 2 is 1.67 bits per heavy atom. The van der Waals surface area contributed by atoms with Gasteiger partial charge in [-0.3, -0.25) is 19.6 Å². The first-order valence-corrected chi connectivity index (χ1v) is 37.5. The van der Waals surface area contributed by atoms with Crippen molar-refractivity contribution in [3.05, 3.63) is 70.8 Å². The lowest BCUT2D eigenvalue weighted by atomic mass is 9.49. The molecule has 15 aliphatic rings. The topological polar surface area (TPSA) is 252 Å². The average molecular weight is 1260 g/mol. The fraction of sp³-hybridized carbons (Fsp3) is 0.750. The molecule has 17 rings (SSSR count). The Bertz CT molecular complexity index is 3060. The van der Waals surface area contributed by atoms with Gasteiger partial charge in [0, 0.05) is 97.5 Å². The Hall–Kier alpha value is -4.16. The van der Waals surface area contributed by atoms with E-state index in [4.69, 9.17) is 31.7 Å². The monoisotopic (exact) mass is 1260 g/mol. The number of aliphatic hydroxyl groups excluding tert-OH is 3. The second-order valence-electron chi connectivity index (χ2n) is 31.1. The molecule has 17 atom stereocenters. The molecule has 9 aliphatic carbocycles. The van der Waals surface area contributed by atoms with Gasteiger partial charge in [-0.15, -0.1) is 0 Å². The standard InChI is InChI=1S/C72H103N7O8S2/c1-45(81)86-67-30-19-47-35-51(61(84)62-60(47)48-20-32-71(87-62)28-7-14-52(71)36-48)42-79-44-68(40-59(79)83)53(17-18-57(68)46-11-3-2-4-12-46)41-77-65(75)78-72(29-9-25-66(72)23-5-6-24-66)89-88-43-54-16-15-50(55(21-31-67)58(82)39-67)37-69(54)26-10-27-70(69)38-49(13-8-34-80)56(63(70)85)22-33-76-64(73)74/h2-4,11-12,20,32,35,48-50,52-58,63,80,82,84-85H,5-10,13-19,21-31,33-34,36-44H2,1H3,(H4,73,74,76)(H3,75,77,78). The quantitative estimate of drug-likeness (QED) is 0.0403. The van der Waals surface area contributed by atoms with E-state index in [9.17, 15) is 25.2 Å². The number of amides is 1. The lowest BCUT2D eigenvalue weighted by Crippen LogP contribution is -2.56. The van der Waals surface area contributed by atoms with Crippen molar-refractivity contribution in [2.24, 2.45) is 90.3 Å². The molecule has 486 valence electrons. The van der Waals surface area contributed by atoms with Gasteiger partial charge in [-0.25, -0.2) is 0 Å². The number of nitrogens with two attached hydrogens (primary N) is 3. The molecule has 89 heavy (non-hydrogen) atoms. The van der Waals surface area contributed by atoms with Crippen molar-refractivity contribution in [1.82, 2.24) is 10.2 Å². The number of aliphatic hydroxyl groups is 3. The highest BCUT2D eigenvalue weighted by atomic mass is 33.1. The maximum Gasteiger partial charge on any atom is 0.303 e. The maximum absolute atomic E-state index is 15.1. The van der Waals surface area contributed by atoms with Crippen molar-refractivity contribution >= 4 is 45.4 Å². The van der Waals surface area contributed by atoms with Crippen LogP contribution in [0, 0.1) is 63.1 Å². The number of benzene rings is 2. The Kier molecular flexibility index (Phi) is 17.0. The third kappa shape index (κ3) is 10.6. The van der Waals surface area contributed by atoms with E-state index in [1.54, 1.807) is 0 Å². The predicted molar refractivity (Wildman–Crippen MR) is 352 cm³/mol. The molecule has 9 fully saturated rings. The molecule has 0 radical (unpaired) electrons. The fourth-order valence-electron chi connectivity index (χ4n) is 23.3. The minimum Gasteiger partial charge on any atom is -0.504 e. The van der Waals surface area contributed by atoms with Crippen molar-refractivity contribution in [3.63, 3.8) is 0 Å². The molecule has 15 nitrogen and oxygen atoms in total. The second kappa shape index (κ2) is 24.3. The van der Waals surface area contributed by atoms with E-state index in [0.717, 1.165) is 126 Å². The molecule has 1 amide bonds. The van der Waals surface area contributed by atoms with Crippen LogP contribution in [0.2, 0.25) is 0 Å². The number of carbonyl (C=O) groups excluding carboxylic acids is 2. The van der Waals surface area contributed by atoms with Crippen LogP contribution in [0.1, 0.15) is 221 Å². The van der Waals surface area contributed by atoms with Gasteiger partial charge in [0.25, 0.3) is 0 Å². The predicted octanol–water partition coefficient (Wildman–Crippen LogP) is 11.4. The van der Waals surface area contributed by atoms with Crippen LogP contribution >= 0.6 is 21.6 Å². The number of guanidine groups is 2. The molecular formula is C72H103N7O8S2. The number of phenolic OH excluding ortho intramolecular Hbond substituents is 1. The Balaban J connectivity index is 0.861. The number of nitrogens with one attached hydrogen (secondary N) is 1. The van der Waals surface area contributed by atoms with E-state index in [2.05, 4.69) is 58.9 Å². The number of aryl methyl sites for hydroxylation is 1. The summed E-state index contributed by atoms with van der Waals surface area (Å²) in [5.41, 5.74) is 20.9. The summed E-state index contributed by atoms with van der Waals surface area (Å²) in [6.45, 7) is 3.38. The number of aromatic hydroxyl groups is 1. The third-order valence-corrected chi connectivity index (χ3v) is 30.5. The highest BCUT2D eigenvalue weighted by Gasteiger charge is 2.68. The third-order valence-electron chi connectivity index (χ3n) is 27.2. The summed E-state index contributed by atoms with van der Waals surface area (Å²) in [7, 11) is 4.07. The van der Waals surface area contributed by atoms with Crippen LogP contribution in [0.4, 0.5) is 0 Å². The largest absolute Gasteiger partial charge is 0.504 e. The van der Waals surface area contributed by atoms with Crippen LogP contribution in [0.15, 0.2) is 58.5 Å². The number of aliphatic imine (C=N–C) groups is 2. The summed E-state index contributed by atoms with van der Waals surface area (Å²) in [5.74, 6) is 3.33. The van der Waals surface area contributed by atoms with Gasteiger partial charge in [-0.2, -0.15) is 0 Å². The van der Waals surface area contributed by atoms with Crippen LogP contribution in [-0.2, 0) is 27.3 Å². The summed E-state index contributed by atoms with van der Waals surface area (Å²) in [6.07, 6.45) is 29.5. The number of hydrogen-bond donors (Lipinski definition) is 8. The Morgan fingerprint density at radius 3 is 2.47 bits per heavy atom. The molecule has 6 spiro atoms. The Labute approximate surface area is 536 Å². The number of phenols is 1. The highest BCUT2D eigenvalue weighted by molar-refractivity contribution is 8.77. The minimum absolute atomic E-state index is 0.00185. The van der Waals surface area contributed by atoms with Crippen LogP contribution in [-0.4, -0.2) is 109 Å². The molecule has 17 unspecified atom stereocenters. The van der Waals surface area contributed by atoms with Crippen LogP contribution < -0.4 is 27.3 Å². The van der Waals surface area contributed by atoms with E-state index in [0.29, 0.717) is 93.7 Å². The fourth-order valence-corrected chi connectivity index (χ4v) is 27.3. The van der Waals surface area contributed by atoms with E-state index in [1.165, 1.54) is 44.6 Å². The molecule has 8 saturated carbocycles. The normalized spacial score (nSPS) is 41.4. The average Bonchev–Trinajstić information content (AvgIpc) is 1.59. The van der Waals surface area contributed by atoms with E-state index < -0.39 is 28.8 Å². The lowest BCUT2D eigenvalue weighted by Gasteiger charge is -2.57. The number of rotatable bonds is 8. The molecular weight excluding hydrogens is 1150 g/mol. The number of hydrogen-bond acceptors (Lipinski definition) is 14. The number of carbonyl (C=O) groups is 2. The smallest absolute Gasteiger partial charge is 0.303 e. The molecule has 10 bridgehead atoms. The SMILES string of the molecule is CC(=O)OC12CCc3cc(c(O)c4c3C3C=CC5(CCCC5C3)O4)CN3CC4(CC3=O)C(CCC4c3ccccc3)CN=C(N)NC3(CCCC34CCCC4)SSCC3CCC(CC34CCCC43CC(CCCO)C(CCN=C(N)N)C3O)C(CC1)C(O)C2. The number of nitrogens with zero attached hydrogens (tertiary/aromatic N) is 3. The van der Waals surface area contributed by atoms with Crippen LogP contribution in [0.3, 0.4) is 0 Å². The van der Waals surface area contributed by atoms with Crippen molar-refractivity contribution in [1.29, 1.82) is 0 Å². The Morgan fingerprint density at radius 1 is 0.876 bits per heavy atom. The van der Waals surface area contributed by atoms with Crippen LogP contribution in [0.5, 0.6) is 11.5 Å². The van der Waals surface area contributed by atoms with Crippen molar-refractivity contribution in [3.8, 4) is 11.5 Å². The van der Waals surface area contributed by atoms with E-state index >= 15 is 4.79 Å². The zero-order valence-electron chi connectivity index (χ0n) is 53.0. The van der Waals surface area contributed by atoms with Crippen molar-refractivity contribution < 1.29 is 39.5 Å². The van der Waals surface area contributed by atoms with Gasteiger partial charge in [0.15, 0.2) is 23.4 Å². The van der Waals surface area contributed by atoms with E-state index in [1.807, 2.05) is 26.5 Å². The molecule has 2 aromatic rings. The molecule has 0 aromatic heterocycles. The van der Waals surface area contributed by atoms with Gasteiger partial charge in [-0.05, 0) is 224 Å². The van der Waals surface area contributed by atoms with Gasteiger partial charge in [0.1, 0.15) is 16.1 Å². The summed E-state index contributed by atoms with van der Waals surface area (Å²) < 4.78 is 13.9. The number of fused-ring (bicyclic) bond motifs is 1. The first kappa shape index (κ1) is 62.3. The number of esters is 1. The van der Waals surface area contributed by atoms with Gasteiger partial charge in [-0.1, -0.05) is 77.3 Å². The van der Waals surface area contributed by atoms with Gasteiger partial charge >= 0.3 is 5.97 Å². The summed E-state index contributed by atoms with van der Waals surface area (Å²) in [6, 6.07) is 12.9. The summed E-state index contributed by atoms with van der Waals surface area (Å²) >= 11 is 0. The maximum atomic E-state index is 15.1. The first-order valence-electron chi connectivity index (χ1n) is 35.2. The molecule has 17 heteroatoms. The first-order chi connectivity index (χ1) is 43.0. The number of allylic oxidation sites excluding steroid dienone is 1. The van der Waals surface area contributed by atoms with Crippen LogP contribution in [0.25, 0.3) is 0 Å². The van der Waals surface area contributed by atoms with Gasteiger partial charge < -0.3 is 57.3 Å². The van der Waals surface area contributed by atoms with Gasteiger partial charge in [0.05, 0.1) is 12.2 Å². The molecule has 6 heterocycles. The lowest BCUT2D eigenvalue weighted by molar-refractivity contribution is -0.173. The van der Waals surface area contributed by atoms with E-state index in [-0.39, 0.29) is 99.3 Å². The summed E-state index contributed by atoms with van der Waals surface area (Å²) in [4.78, 5) is 40.2. The molecule has 11 N–H and O–H groups in total. The number of ether oxygens (including phenoxy) is 2. The zero-order valence-corrected chi connectivity index (χ0v) is 54.7. The second-order valence-corrected chi connectivity index (χ2v) is 33.7. The minimum atomic E-state index is -0.915. The molecule has 1 saturated heterocycles. The summed E-state index contributed by atoms with van der Waals surface area (Å²) in [5, 5.41) is 53.5. The molecule has 2 aromatic carbocycles.